The van der Waals surface area contributed by atoms with Crippen LogP contribution in [0.25, 0.3) is 0 Å². The third-order valence-corrected chi connectivity index (χ3v) is 5.68. The van der Waals surface area contributed by atoms with E-state index < -0.39 is 5.97 Å². The van der Waals surface area contributed by atoms with Gasteiger partial charge >= 0.3 is 5.97 Å². The predicted molar refractivity (Wildman–Crippen MR) is 115 cm³/mol. The number of aromatic nitrogens is 2. The Kier molecular flexibility index (Phi) is 7.63. The van der Waals surface area contributed by atoms with Gasteiger partial charge in [-0.05, 0) is 18.1 Å². The van der Waals surface area contributed by atoms with Gasteiger partial charge in [-0.25, -0.2) is 4.79 Å². The number of pyridine rings is 2. The van der Waals surface area contributed by atoms with Gasteiger partial charge in [-0.15, -0.1) is 0 Å². The summed E-state index contributed by atoms with van der Waals surface area (Å²) in [5, 5.41) is 0. The molecule has 0 aromatic carbocycles. The molecule has 0 radical (unpaired) electrons. The smallest absolute Gasteiger partial charge is 0.343 e. The van der Waals surface area contributed by atoms with E-state index in [2.05, 4.69) is 23.7 Å². The van der Waals surface area contributed by atoms with E-state index in [-0.39, 0.29) is 5.56 Å². The predicted octanol–water partition coefficient (Wildman–Crippen LogP) is 2.56. The summed E-state index contributed by atoms with van der Waals surface area (Å²) in [6, 6.07) is 7.11. The number of carbonyl (C=O) groups is 1. The number of nitrogens with zero attached hydrogens (tertiary/aromatic N) is 3. The zero-order chi connectivity index (χ0) is 21.5. The number of rotatable bonds is 8. The zero-order valence-corrected chi connectivity index (χ0v) is 18.1. The second-order valence-corrected chi connectivity index (χ2v) is 7.80. The molecule has 1 aliphatic rings. The fourth-order valence-electron chi connectivity index (χ4n) is 3.79. The van der Waals surface area contributed by atoms with Gasteiger partial charge in [-0.3, -0.25) is 9.78 Å². The summed E-state index contributed by atoms with van der Waals surface area (Å²) in [6.45, 7) is 7.87. The van der Waals surface area contributed by atoms with Crippen LogP contribution in [0.2, 0.25) is 0 Å². The fraction of sp³-hybridized carbons (Fsp3) is 0.522. The Hall–Kier alpha value is -2.67. The summed E-state index contributed by atoms with van der Waals surface area (Å²) in [5.74, 6) is 0.417. The average molecular weight is 414 g/mol. The van der Waals surface area contributed by atoms with E-state index in [9.17, 15) is 9.59 Å². The molecule has 0 amide bonds. The first-order chi connectivity index (χ1) is 14.5. The maximum absolute atomic E-state index is 12.8. The van der Waals surface area contributed by atoms with Gasteiger partial charge in [-0.1, -0.05) is 26.3 Å². The van der Waals surface area contributed by atoms with E-state index in [1.807, 2.05) is 18.2 Å². The molecule has 1 aliphatic heterocycles. The molecular weight excluding hydrogens is 382 g/mol. The van der Waals surface area contributed by atoms with Crippen LogP contribution in [0.5, 0.6) is 5.75 Å². The molecule has 3 heterocycles. The minimum atomic E-state index is -0.470. The molecule has 162 valence electrons. The van der Waals surface area contributed by atoms with Gasteiger partial charge in [0, 0.05) is 62.7 Å². The summed E-state index contributed by atoms with van der Waals surface area (Å²) in [6.07, 6.45) is 4.04. The molecule has 0 bridgehead atoms. The molecule has 30 heavy (non-hydrogen) atoms. The van der Waals surface area contributed by atoms with E-state index in [0.717, 1.165) is 31.7 Å². The molecule has 0 aliphatic carbocycles. The maximum Gasteiger partial charge on any atom is 0.343 e. The highest BCUT2D eigenvalue weighted by Gasteiger charge is 2.26. The van der Waals surface area contributed by atoms with Crippen molar-refractivity contribution in [2.45, 2.75) is 39.7 Å². The highest BCUT2D eigenvalue weighted by atomic mass is 16.5. The lowest BCUT2D eigenvalue weighted by molar-refractivity contribution is 0.0593. The third kappa shape index (κ3) is 5.27. The Morgan fingerprint density at radius 3 is 2.80 bits per heavy atom. The minimum Gasteiger partial charge on any atom is -0.492 e. The summed E-state index contributed by atoms with van der Waals surface area (Å²) in [4.78, 5) is 32.1. The molecule has 1 atom stereocenters. The Bertz CT molecular complexity index is 911. The van der Waals surface area contributed by atoms with Crippen LogP contribution in [0.15, 0.2) is 35.3 Å². The molecule has 0 spiro atoms. The number of hydrogen-bond donors (Lipinski definition) is 0. The van der Waals surface area contributed by atoms with Gasteiger partial charge in [0.05, 0.1) is 13.7 Å². The van der Waals surface area contributed by atoms with Gasteiger partial charge in [0.15, 0.2) is 0 Å². The first-order valence-electron chi connectivity index (χ1n) is 10.6. The molecular formula is C23H31N3O4. The van der Waals surface area contributed by atoms with Crippen molar-refractivity contribution in [2.24, 2.45) is 5.92 Å². The zero-order valence-electron chi connectivity index (χ0n) is 18.1. The van der Waals surface area contributed by atoms with Gasteiger partial charge in [0.25, 0.3) is 5.56 Å². The molecule has 2 aromatic rings. The summed E-state index contributed by atoms with van der Waals surface area (Å²) < 4.78 is 12.6. The van der Waals surface area contributed by atoms with Crippen molar-refractivity contribution >= 4 is 5.97 Å². The van der Waals surface area contributed by atoms with Crippen LogP contribution >= 0.6 is 0 Å². The van der Waals surface area contributed by atoms with E-state index in [0.29, 0.717) is 48.9 Å². The van der Waals surface area contributed by atoms with E-state index in [1.54, 1.807) is 10.8 Å². The molecule has 0 saturated heterocycles. The van der Waals surface area contributed by atoms with Gasteiger partial charge in [0.2, 0.25) is 0 Å². The molecule has 0 N–H and O–H groups in total. The Balaban J connectivity index is 1.84. The van der Waals surface area contributed by atoms with Crippen molar-refractivity contribution in [3.8, 4) is 5.75 Å². The Morgan fingerprint density at radius 2 is 2.10 bits per heavy atom. The summed E-state index contributed by atoms with van der Waals surface area (Å²) in [5.41, 5.74) is 1.82. The highest BCUT2D eigenvalue weighted by Crippen LogP contribution is 2.24. The van der Waals surface area contributed by atoms with Crippen molar-refractivity contribution in [2.75, 3.05) is 33.4 Å². The number of methoxy groups -OCH3 is 1. The van der Waals surface area contributed by atoms with Crippen LogP contribution in [0.4, 0.5) is 0 Å². The van der Waals surface area contributed by atoms with Crippen molar-refractivity contribution in [3.63, 3.8) is 0 Å². The monoisotopic (exact) mass is 413 g/mol. The molecule has 2 aromatic heterocycles. The van der Waals surface area contributed by atoms with Crippen LogP contribution < -0.4 is 10.3 Å². The third-order valence-electron chi connectivity index (χ3n) is 5.68. The Morgan fingerprint density at radius 1 is 1.27 bits per heavy atom. The average Bonchev–Trinajstić information content (AvgIpc) is 2.97. The normalized spacial score (nSPS) is 15.2. The first kappa shape index (κ1) is 22.0. The number of ether oxygens (including phenoxy) is 2. The molecule has 1 unspecified atom stereocenters. The minimum absolute atomic E-state index is 0.143. The van der Waals surface area contributed by atoms with Crippen LogP contribution in [0, 0.1) is 5.92 Å². The van der Waals surface area contributed by atoms with Crippen LogP contribution in [0.1, 0.15) is 42.0 Å². The van der Waals surface area contributed by atoms with Crippen LogP contribution in [-0.4, -0.2) is 53.8 Å². The lowest BCUT2D eigenvalue weighted by Gasteiger charge is -2.22. The second-order valence-electron chi connectivity index (χ2n) is 7.80. The van der Waals surface area contributed by atoms with E-state index >= 15 is 0 Å². The molecule has 0 fully saturated rings. The van der Waals surface area contributed by atoms with Crippen molar-refractivity contribution in [3.05, 3.63) is 57.8 Å². The lowest BCUT2D eigenvalue weighted by atomic mass is 10.1. The SMILES string of the molecule is CCC(C)CN1CCc2c(C(=O)OC)c(OCCc3ccccn3)cc(=O)n2CC1. The van der Waals surface area contributed by atoms with Crippen molar-refractivity contribution in [1.82, 2.24) is 14.5 Å². The van der Waals surface area contributed by atoms with Gasteiger partial charge < -0.3 is 18.9 Å². The van der Waals surface area contributed by atoms with E-state index in [1.165, 1.54) is 13.2 Å². The topological polar surface area (TPSA) is 73.7 Å². The quantitative estimate of drug-likeness (QED) is 0.620. The second kappa shape index (κ2) is 10.4. The molecule has 7 nitrogen and oxygen atoms in total. The molecule has 3 rings (SSSR count). The fourth-order valence-corrected chi connectivity index (χ4v) is 3.79. The number of hydrogen-bond acceptors (Lipinski definition) is 6. The Labute approximate surface area is 177 Å². The summed E-state index contributed by atoms with van der Waals surface area (Å²) >= 11 is 0. The largest absolute Gasteiger partial charge is 0.492 e. The number of fused-ring (bicyclic) bond motifs is 1. The maximum atomic E-state index is 12.8. The van der Waals surface area contributed by atoms with Crippen LogP contribution in [0.3, 0.4) is 0 Å². The number of esters is 1. The standard InChI is InChI=1S/C23H31N3O4/c1-4-17(2)16-25-11-8-19-22(23(28)29-3)20(15-21(27)26(19)13-12-25)30-14-9-18-7-5-6-10-24-18/h5-7,10,15,17H,4,8-9,11-14,16H2,1-3H3. The van der Waals surface area contributed by atoms with Gasteiger partial charge in [-0.2, -0.15) is 0 Å². The highest BCUT2D eigenvalue weighted by molar-refractivity contribution is 5.93. The number of carbonyl (C=O) groups excluding carboxylic acids is 1. The van der Waals surface area contributed by atoms with Crippen molar-refractivity contribution in [1.29, 1.82) is 0 Å². The first-order valence-corrected chi connectivity index (χ1v) is 10.6. The molecule has 0 saturated carbocycles. The molecule has 7 heteroatoms. The lowest BCUT2D eigenvalue weighted by Crippen LogP contribution is -2.32. The van der Waals surface area contributed by atoms with Crippen molar-refractivity contribution < 1.29 is 14.3 Å². The van der Waals surface area contributed by atoms with Crippen LogP contribution in [-0.2, 0) is 24.1 Å². The van der Waals surface area contributed by atoms with E-state index in [4.69, 9.17) is 9.47 Å². The van der Waals surface area contributed by atoms with Gasteiger partial charge in [0.1, 0.15) is 11.3 Å². The summed E-state index contributed by atoms with van der Waals surface area (Å²) in [7, 11) is 1.36.